The molecule has 1 heterocycles. The normalized spacial score (nSPS) is 23.9. The van der Waals surface area contributed by atoms with Crippen LogP contribution in [0.3, 0.4) is 0 Å². The number of hydrogen-bond acceptors (Lipinski definition) is 4. The van der Waals surface area contributed by atoms with Crippen LogP contribution < -0.4 is 10.2 Å². The zero-order valence-electron chi connectivity index (χ0n) is 11.5. The Bertz CT molecular complexity index is 333. The predicted octanol–water partition coefficient (Wildman–Crippen LogP) is 2.22. The van der Waals surface area contributed by atoms with Gasteiger partial charge in [0.05, 0.1) is 0 Å². The number of hydrogen-bond donors (Lipinski definition) is 1. The van der Waals surface area contributed by atoms with Crippen LogP contribution in [0.1, 0.15) is 39.0 Å². The molecule has 4 heteroatoms. The molecule has 0 spiro atoms. The molecule has 1 fully saturated rings. The van der Waals surface area contributed by atoms with E-state index in [1.807, 2.05) is 12.1 Å². The summed E-state index contributed by atoms with van der Waals surface area (Å²) in [5.41, 5.74) is 0. The molecule has 1 saturated carbocycles. The molecule has 100 valence electrons. The highest BCUT2D eigenvalue weighted by Gasteiger charge is 2.24. The van der Waals surface area contributed by atoms with Gasteiger partial charge in [-0.25, -0.2) is 0 Å². The largest absolute Gasteiger partial charge is 0.355 e. The first kappa shape index (κ1) is 13.3. The summed E-state index contributed by atoms with van der Waals surface area (Å²) < 4.78 is 0. The molecule has 0 unspecified atom stereocenters. The summed E-state index contributed by atoms with van der Waals surface area (Å²) in [6.07, 6.45) is 7.98. The smallest absolute Gasteiger partial charge is 0.151 e. The summed E-state index contributed by atoms with van der Waals surface area (Å²) in [6, 6.07) is 5.32. The van der Waals surface area contributed by atoms with Crippen LogP contribution in [0.4, 0.5) is 5.82 Å². The molecule has 0 bridgehead atoms. The van der Waals surface area contributed by atoms with Crippen molar-refractivity contribution in [2.45, 2.75) is 51.1 Å². The Labute approximate surface area is 110 Å². The maximum absolute atomic E-state index is 4.18. The Balaban J connectivity index is 1.82. The first-order valence-electron chi connectivity index (χ1n) is 7.05. The standard InChI is InChI=1S/C14H24N4/c1-3-10-15-12-6-8-13(9-7-12)18(2)14-5-4-11-16-17-14/h4-5,11-13,15H,3,6-10H2,1-2H3. The number of aromatic nitrogens is 2. The molecule has 0 radical (unpaired) electrons. The van der Waals surface area contributed by atoms with Crippen LogP contribution in [0.15, 0.2) is 18.3 Å². The lowest BCUT2D eigenvalue weighted by Gasteiger charge is -2.35. The SMILES string of the molecule is CCCNC1CCC(N(C)c2cccnn2)CC1. The average Bonchev–Trinajstić information content (AvgIpc) is 2.46. The number of nitrogens with zero attached hydrogens (tertiary/aromatic N) is 3. The molecule has 18 heavy (non-hydrogen) atoms. The van der Waals surface area contributed by atoms with Gasteiger partial charge in [0, 0.05) is 25.3 Å². The van der Waals surface area contributed by atoms with Gasteiger partial charge in [0.15, 0.2) is 5.82 Å². The monoisotopic (exact) mass is 248 g/mol. The first-order chi connectivity index (χ1) is 8.81. The van der Waals surface area contributed by atoms with E-state index in [1.165, 1.54) is 32.1 Å². The lowest BCUT2D eigenvalue weighted by molar-refractivity contribution is 0.336. The van der Waals surface area contributed by atoms with E-state index < -0.39 is 0 Å². The second kappa shape index (κ2) is 6.69. The van der Waals surface area contributed by atoms with Crippen LogP contribution in [0.2, 0.25) is 0 Å². The van der Waals surface area contributed by atoms with Gasteiger partial charge in [-0.2, -0.15) is 5.10 Å². The van der Waals surface area contributed by atoms with Gasteiger partial charge < -0.3 is 10.2 Å². The molecule has 0 aliphatic heterocycles. The molecule has 1 aliphatic rings. The molecule has 0 saturated heterocycles. The lowest BCUT2D eigenvalue weighted by atomic mass is 9.90. The van der Waals surface area contributed by atoms with Crippen molar-refractivity contribution in [2.24, 2.45) is 0 Å². The van der Waals surface area contributed by atoms with Gasteiger partial charge in [-0.1, -0.05) is 6.92 Å². The molecule has 1 aromatic rings. The van der Waals surface area contributed by atoms with E-state index in [9.17, 15) is 0 Å². The van der Waals surface area contributed by atoms with Crippen molar-refractivity contribution in [3.05, 3.63) is 18.3 Å². The third kappa shape index (κ3) is 3.42. The van der Waals surface area contributed by atoms with E-state index in [4.69, 9.17) is 0 Å². The minimum atomic E-state index is 0.612. The summed E-state index contributed by atoms with van der Waals surface area (Å²) in [5.74, 6) is 0.988. The van der Waals surface area contributed by atoms with E-state index in [2.05, 4.69) is 34.4 Å². The maximum atomic E-state index is 4.18. The summed E-state index contributed by atoms with van der Waals surface area (Å²) in [5, 5.41) is 11.8. The fourth-order valence-electron chi connectivity index (χ4n) is 2.68. The van der Waals surface area contributed by atoms with E-state index >= 15 is 0 Å². The zero-order valence-corrected chi connectivity index (χ0v) is 11.5. The molecule has 4 nitrogen and oxygen atoms in total. The molecular weight excluding hydrogens is 224 g/mol. The highest BCUT2D eigenvalue weighted by molar-refractivity contribution is 5.36. The van der Waals surface area contributed by atoms with Crippen molar-refractivity contribution in [3.63, 3.8) is 0 Å². The Kier molecular flexibility index (Phi) is 4.93. The quantitative estimate of drug-likeness (QED) is 0.867. The number of nitrogens with one attached hydrogen (secondary N) is 1. The highest BCUT2D eigenvalue weighted by atomic mass is 15.3. The van der Waals surface area contributed by atoms with Gasteiger partial charge in [0.2, 0.25) is 0 Å². The minimum absolute atomic E-state index is 0.612. The third-order valence-electron chi connectivity index (χ3n) is 3.85. The Morgan fingerprint density at radius 1 is 1.33 bits per heavy atom. The van der Waals surface area contributed by atoms with Gasteiger partial charge in [-0.3, -0.25) is 0 Å². The third-order valence-corrected chi connectivity index (χ3v) is 3.85. The molecular formula is C14H24N4. The fourth-order valence-corrected chi connectivity index (χ4v) is 2.68. The summed E-state index contributed by atoms with van der Waals surface area (Å²) in [7, 11) is 2.13. The molecule has 0 aromatic carbocycles. The van der Waals surface area contributed by atoms with Crippen LogP contribution in [-0.2, 0) is 0 Å². The van der Waals surface area contributed by atoms with Crippen molar-refractivity contribution < 1.29 is 0 Å². The topological polar surface area (TPSA) is 41.0 Å². The van der Waals surface area contributed by atoms with Gasteiger partial charge in [-0.15, -0.1) is 5.10 Å². The van der Waals surface area contributed by atoms with E-state index in [-0.39, 0.29) is 0 Å². The van der Waals surface area contributed by atoms with Crippen molar-refractivity contribution >= 4 is 5.82 Å². The van der Waals surface area contributed by atoms with E-state index in [0.717, 1.165) is 18.4 Å². The second-order valence-corrected chi connectivity index (χ2v) is 5.15. The van der Waals surface area contributed by atoms with Gasteiger partial charge in [-0.05, 0) is 50.8 Å². The van der Waals surface area contributed by atoms with Crippen molar-refractivity contribution in [1.29, 1.82) is 0 Å². The van der Waals surface area contributed by atoms with E-state index in [0.29, 0.717) is 6.04 Å². The van der Waals surface area contributed by atoms with Crippen molar-refractivity contribution in [3.8, 4) is 0 Å². The predicted molar refractivity (Wildman–Crippen MR) is 74.8 cm³/mol. The van der Waals surface area contributed by atoms with Crippen LogP contribution in [0.5, 0.6) is 0 Å². The number of rotatable bonds is 5. The van der Waals surface area contributed by atoms with Crippen LogP contribution >= 0.6 is 0 Å². The molecule has 2 rings (SSSR count). The average molecular weight is 248 g/mol. The Hall–Kier alpha value is -1.16. The van der Waals surface area contributed by atoms with Crippen LogP contribution in [-0.4, -0.2) is 35.9 Å². The maximum Gasteiger partial charge on any atom is 0.151 e. The summed E-state index contributed by atoms with van der Waals surface area (Å²) >= 11 is 0. The molecule has 0 amide bonds. The van der Waals surface area contributed by atoms with Crippen molar-refractivity contribution in [2.75, 3.05) is 18.5 Å². The summed E-state index contributed by atoms with van der Waals surface area (Å²) in [4.78, 5) is 2.28. The molecule has 1 N–H and O–H groups in total. The summed E-state index contributed by atoms with van der Waals surface area (Å²) in [6.45, 7) is 3.37. The fraction of sp³-hybridized carbons (Fsp3) is 0.714. The molecule has 1 aliphatic carbocycles. The second-order valence-electron chi connectivity index (χ2n) is 5.15. The number of anilines is 1. The Morgan fingerprint density at radius 2 is 2.11 bits per heavy atom. The highest BCUT2D eigenvalue weighted by Crippen LogP contribution is 2.24. The Morgan fingerprint density at radius 3 is 2.72 bits per heavy atom. The molecule has 1 aromatic heterocycles. The van der Waals surface area contributed by atoms with E-state index in [1.54, 1.807) is 6.20 Å². The lowest BCUT2D eigenvalue weighted by Crippen LogP contribution is -2.41. The van der Waals surface area contributed by atoms with Crippen LogP contribution in [0.25, 0.3) is 0 Å². The van der Waals surface area contributed by atoms with Crippen LogP contribution in [0, 0.1) is 0 Å². The van der Waals surface area contributed by atoms with Crippen molar-refractivity contribution in [1.82, 2.24) is 15.5 Å². The van der Waals surface area contributed by atoms with Gasteiger partial charge in [0.25, 0.3) is 0 Å². The first-order valence-corrected chi connectivity index (χ1v) is 7.05. The zero-order chi connectivity index (χ0) is 12.8. The van der Waals surface area contributed by atoms with Gasteiger partial charge in [0.1, 0.15) is 0 Å². The minimum Gasteiger partial charge on any atom is -0.355 e. The molecule has 0 atom stereocenters. The van der Waals surface area contributed by atoms with Gasteiger partial charge >= 0.3 is 0 Å².